The van der Waals surface area contributed by atoms with E-state index >= 15 is 0 Å². The molecule has 3 rings (SSSR count). The fraction of sp³-hybridized carbons (Fsp3) is 0.571. The van der Waals surface area contributed by atoms with Gasteiger partial charge in [-0.05, 0) is 38.4 Å². The molecule has 0 aromatic heterocycles. The Bertz CT molecular complexity index is 534. The lowest BCUT2D eigenvalue weighted by atomic mass is 10.1. The number of fused-ring (bicyclic) bond motifs is 2. The van der Waals surface area contributed by atoms with Gasteiger partial charge in [-0.15, -0.1) is 0 Å². The van der Waals surface area contributed by atoms with Crippen molar-refractivity contribution in [1.82, 2.24) is 4.90 Å². The molecule has 2 aliphatic rings. The number of anilines is 2. The molecule has 2 atom stereocenters. The van der Waals surface area contributed by atoms with E-state index in [1.165, 1.54) is 18.9 Å². The number of nitrogens with zero attached hydrogens (tertiary/aromatic N) is 3. The molecule has 0 saturated carbocycles. The first-order chi connectivity index (χ1) is 9.56. The zero-order valence-corrected chi connectivity index (χ0v) is 11.7. The first-order valence-corrected chi connectivity index (χ1v) is 7.07. The Morgan fingerprint density at radius 3 is 2.75 bits per heavy atom. The van der Waals surface area contributed by atoms with Crippen molar-refractivity contribution in [2.45, 2.75) is 31.3 Å². The average molecular weight is 276 g/mol. The molecule has 0 radical (unpaired) electrons. The third kappa shape index (κ3) is 2.20. The normalized spacial score (nSPS) is 26.6. The maximum absolute atomic E-state index is 10.8. The van der Waals surface area contributed by atoms with Crippen LogP contribution in [0.4, 0.5) is 17.1 Å². The summed E-state index contributed by atoms with van der Waals surface area (Å²) in [5.74, 6) is 0. The van der Waals surface area contributed by atoms with Crippen molar-refractivity contribution >= 4 is 17.1 Å². The van der Waals surface area contributed by atoms with E-state index in [2.05, 4.69) is 16.8 Å². The highest BCUT2D eigenvalue weighted by atomic mass is 16.6. The van der Waals surface area contributed by atoms with Crippen molar-refractivity contribution in [3.8, 4) is 0 Å². The fourth-order valence-corrected chi connectivity index (χ4v) is 3.45. The van der Waals surface area contributed by atoms with Gasteiger partial charge in [-0.3, -0.25) is 15.0 Å². The van der Waals surface area contributed by atoms with Gasteiger partial charge in [-0.2, -0.15) is 0 Å². The number of hydrogen-bond donors (Lipinski definition) is 1. The number of nitrogens with two attached hydrogens (primary N) is 1. The summed E-state index contributed by atoms with van der Waals surface area (Å²) in [4.78, 5) is 15.2. The lowest BCUT2D eigenvalue weighted by molar-refractivity contribution is -0.383. The molecule has 1 aromatic carbocycles. The molecule has 0 aliphatic carbocycles. The van der Waals surface area contributed by atoms with E-state index in [1.807, 2.05) is 6.07 Å². The van der Waals surface area contributed by atoms with Crippen LogP contribution in [0.1, 0.15) is 19.3 Å². The lowest BCUT2D eigenvalue weighted by Gasteiger charge is -2.27. The van der Waals surface area contributed by atoms with Crippen molar-refractivity contribution in [1.29, 1.82) is 0 Å². The van der Waals surface area contributed by atoms with Crippen LogP contribution < -0.4 is 10.6 Å². The van der Waals surface area contributed by atoms with Crippen LogP contribution in [0.25, 0.3) is 0 Å². The highest BCUT2D eigenvalue weighted by Gasteiger charge is 2.34. The molecule has 1 aromatic rings. The molecule has 2 bridgehead atoms. The largest absolute Gasteiger partial charge is 0.393 e. The second kappa shape index (κ2) is 4.94. The number of nitro benzene ring substituents is 1. The number of nitro groups is 1. The summed E-state index contributed by atoms with van der Waals surface area (Å²) in [5.41, 5.74) is 7.02. The predicted molar refractivity (Wildman–Crippen MR) is 78.9 cm³/mol. The van der Waals surface area contributed by atoms with Crippen molar-refractivity contribution in [2.24, 2.45) is 0 Å². The minimum absolute atomic E-state index is 0.0118. The third-order valence-electron chi connectivity index (χ3n) is 4.72. The second-order valence-electron chi connectivity index (χ2n) is 5.79. The smallest absolute Gasteiger partial charge is 0.292 e. The summed E-state index contributed by atoms with van der Waals surface area (Å²) in [7, 11) is 2.20. The van der Waals surface area contributed by atoms with Gasteiger partial charge in [0.05, 0.1) is 4.92 Å². The molecule has 0 amide bonds. The predicted octanol–water partition coefficient (Wildman–Crippen LogP) is 1.85. The zero-order chi connectivity index (χ0) is 14.3. The number of rotatable bonds is 2. The van der Waals surface area contributed by atoms with Crippen molar-refractivity contribution < 1.29 is 4.92 Å². The SMILES string of the molecule is CN1C2CCC1CN(c1ccc([N+](=O)[O-])c(N)c1)CC2. The topological polar surface area (TPSA) is 75.6 Å². The van der Waals surface area contributed by atoms with Crippen LogP contribution in [0, 0.1) is 10.1 Å². The summed E-state index contributed by atoms with van der Waals surface area (Å²) >= 11 is 0. The number of hydrogen-bond acceptors (Lipinski definition) is 5. The summed E-state index contributed by atoms with van der Waals surface area (Å²) in [5, 5.41) is 10.8. The zero-order valence-electron chi connectivity index (χ0n) is 11.7. The summed E-state index contributed by atoms with van der Waals surface area (Å²) in [6, 6.07) is 6.32. The van der Waals surface area contributed by atoms with Gasteiger partial charge in [0, 0.05) is 36.9 Å². The maximum Gasteiger partial charge on any atom is 0.292 e. The molecule has 108 valence electrons. The van der Waals surface area contributed by atoms with E-state index in [9.17, 15) is 10.1 Å². The molecule has 20 heavy (non-hydrogen) atoms. The molecule has 6 heteroatoms. The molecule has 2 saturated heterocycles. The van der Waals surface area contributed by atoms with Crippen molar-refractivity contribution in [2.75, 3.05) is 30.8 Å². The van der Waals surface area contributed by atoms with Crippen LogP contribution in [-0.4, -0.2) is 42.0 Å². The molecular formula is C14H20N4O2. The van der Waals surface area contributed by atoms with Crippen LogP contribution in [0.3, 0.4) is 0 Å². The third-order valence-corrected chi connectivity index (χ3v) is 4.72. The Morgan fingerprint density at radius 1 is 1.30 bits per heavy atom. The van der Waals surface area contributed by atoms with Crippen molar-refractivity contribution in [3.63, 3.8) is 0 Å². The van der Waals surface area contributed by atoms with Crippen LogP contribution in [0.15, 0.2) is 18.2 Å². The van der Waals surface area contributed by atoms with Gasteiger partial charge in [0.15, 0.2) is 0 Å². The molecule has 2 unspecified atom stereocenters. The lowest BCUT2D eigenvalue weighted by Crippen LogP contribution is -2.36. The van der Waals surface area contributed by atoms with Crippen LogP contribution >= 0.6 is 0 Å². The van der Waals surface area contributed by atoms with Gasteiger partial charge in [-0.25, -0.2) is 0 Å². The first kappa shape index (κ1) is 13.2. The van der Waals surface area contributed by atoms with Gasteiger partial charge in [-0.1, -0.05) is 0 Å². The minimum Gasteiger partial charge on any atom is -0.393 e. The average Bonchev–Trinajstić information content (AvgIpc) is 2.62. The van der Waals surface area contributed by atoms with E-state index in [4.69, 9.17) is 5.73 Å². The molecule has 2 fully saturated rings. The molecular weight excluding hydrogens is 256 g/mol. The number of nitrogen functional groups attached to an aromatic ring is 1. The van der Waals surface area contributed by atoms with Crippen LogP contribution in [-0.2, 0) is 0 Å². The Morgan fingerprint density at radius 2 is 2.05 bits per heavy atom. The highest BCUT2D eigenvalue weighted by molar-refractivity contribution is 5.66. The quantitative estimate of drug-likeness (QED) is 0.507. The summed E-state index contributed by atoms with van der Waals surface area (Å²) in [6.07, 6.45) is 3.67. The van der Waals surface area contributed by atoms with Gasteiger partial charge in [0.25, 0.3) is 5.69 Å². The van der Waals surface area contributed by atoms with E-state index in [0.717, 1.165) is 25.2 Å². The van der Waals surface area contributed by atoms with Gasteiger partial charge in [0.2, 0.25) is 0 Å². The molecule has 2 N–H and O–H groups in total. The minimum atomic E-state index is -0.433. The monoisotopic (exact) mass is 276 g/mol. The van der Waals surface area contributed by atoms with E-state index in [0.29, 0.717) is 12.1 Å². The first-order valence-electron chi connectivity index (χ1n) is 7.07. The second-order valence-corrected chi connectivity index (χ2v) is 5.79. The van der Waals surface area contributed by atoms with Crippen LogP contribution in [0.5, 0.6) is 0 Å². The number of benzene rings is 1. The Labute approximate surface area is 118 Å². The Hall–Kier alpha value is -1.82. The molecule has 2 heterocycles. The summed E-state index contributed by atoms with van der Waals surface area (Å²) < 4.78 is 0. The molecule has 6 nitrogen and oxygen atoms in total. The Kier molecular flexibility index (Phi) is 3.25. The fourth-order valence-electron chi connectivity index (χ4n) is 3.45. The Balaban J connectivity index is 1.83. The van der Waals surface area contributed by atoms with Crippen molar-refractivity contribution in [3.05, 3.63) is 28.3 Å². The van der Waals surface area contributed by atoms with Gasteiger partial charge in [0.1, 0.15) is 5.69 Å². The highest BCUT2D eigenvalue weighted by Crippen LogP contribution is 2.33. The van der Waals surface area contributed by atoms with Gasteiger partial charge < -0.3 is 10.6 Å². The molecule has 2 aliphatic heterocycles. The van der Waals surface area contributed by atoms with Crippen LogP contribution in [0.2, 0.25) is 0 Å². The number of likely N-dealkylation sites (N-methyl/N-ethyl adjacent to an activating group) is 1. The standard InChI is InChI=1S/C14H20N4O2/c1-16-10-2-3-12(16)9-17(7-6-10)11-4-5-14(18(19)20)13(15)8-11/h4-5,8,10,12H,2-3,6-7,9,15H2,1H3. The summed E-state index contributed by atoms with van der Waals surface area (Å²) in [6.45, 7) is 1.97. The maximum atomic E-state index is 10.8. The van der Waals surface area contributed by atoms with E-state index in [-0.39, 0.29) is 11.4 Å². The van der Waals surface area contributed by atoms with E-state index in [1.54, 1.807) is 6.07 Å². The van der Waals surface area contributed by atoms with Gasteiger partial charge >= 0.3 is 0 Å². The van der Waals surface area contributed by atoms with E-state index < -0.39 is 4.92 Å². The molecule has 0 spiro atoms.